The van der Waals surface area contributed by atoms with E-state index in [1.807, 2.05) is 18.2 Å². The monoisotopic (exact) mass is 373 g/mol. The molecule has 0 aliphatic carbocycles. The number of carbonyl (C=O) groups excluding carboxylic acids is 1. The number of anilines is 1. The first kappa shape index (κ1) is 17.2. The van der Waals surface area contributed by atoms with E-state index in [0.29, 0.717) is 15.7 Å². The van der Waals surface area contributed by atoms with E-state index in [4.69, 9.17) is 23.2 Å². The maximum absolute atomic E-state index is 12.3. The van der Waals surface area contributed by atoms with Gasteiger partial charge in [-0.05, 0) is 35.9 Å². The molecule has 0 saturated carbocycles. The van der Waals surface area contributed by atoms with E-state index in [1.165, 1.54) is 16.8 Å². The lowest BCUT2D eigenvalue weighted by Gasteiger charge is -2.08. The normalized spacial score (nSPS) is 10.5. The Balaban J connectivity index is 1.83. The SMILES string of the molecule is O=C(Nc1ccccc1)c1ccc(=O)n(Cc2ccc(Cl)c(Cl)c2)n1. The molecular weight excluding hydrogens is 361 g/mol. The van der Waals surface area contributed by atoms with Crippen LogP contribution in [0.5, 0.6) is 0 Å². The average Bonchev–Trinajstić information content (AvgIpc) is 2.61. The summed E-state index contributed by atoms with van der Waals surface area (Å²) in [6, 6.07) is 16.8. The minimum atomic E-state index is -0.394. The van der Waals surface area contributed by atoms with E-state index in [1.54, 1.807) is 30.3 Å². The van der Waals surface area contributed by atoms with Gasteiger partial charge in [-0.1, -0.05) is 47.5 Å². The second-order valence-corrected chi connectivity index (χ2v) is 6.10. The van der Waals surface area contributed by atoms with Crippen LogP contribution in [0.2, 0.25) is 10.0 Å². The van der Waals surface area contributed by atoms with Gasteiger partial charge in [0.05, 0.1) is 16.6 Å². The molecule has 5 nitrogen and oxygen atoms in total. The van der Waals surface area contributed by atoms with Crippen LogP contribution in [0.1, 0.15) is 16.1 Å². The summed E-state index contributed by atoms with van der Waals surface area (Å²) in [4.78, 5) is 24.3. The van der Waals surface area contributed by atoms with Crippen molar-refractivity contribution in [3.05, 3.63) is 92.3 Å². The van der Waals surface area contributed by atoms with Crippen molar-refractivity contribution < 1.29 is 4.79 Å². The molecule has 2 aromatic carbocycles. The summed E-state index contributed by atoms with van der Waals surface area (Å²) in [6.45, 7) is 0.183. The molecule has 1 amide bonds. The topological polar surface area (TPSA) is 64.0 Å². The van der Waals surface area contributed by atoms with Gasteiger partial charge in [-0.3, -0.25) is 9.59 Å². The Bertz CT molecular complexity index is 972. The number of rotatable bonds is 4. The number of halogens is 2. The third kappa shape index (κ3) is 4.26. The smallest absolute Gasteiger partial charge is 0.276 e. The molecule has 1 heterocycles. The van der Waals surface area contributed by atoms with Gasteiger partial charge in [0.1, 0.15) is 5.69 Å². The van der Waals surface area contributed by atoms with E-state index in [-0.39, 0.29) is 17.8 Å². The largest absolute Gasteiger partial charge is 0.321 e. The lowest BCUT2D eigenvalue weighted by molar-refractivity contribution is 0.102. The summed E-state index contributed by atoms with van der Waals surface area (Å²) >= 11 is 11.9. The lowest BCUT2D eigenvalue weighted by atomic mass is 10.2. The predicted molar refractivity (Wildman–Crippen MR) is 98.5 cm³/mol. The molecule has 0 spiro atoms. The van der Waals surface area contributed by atoms with Crippen LogP contribution in [0.15, 0.2) is 65.5 Å². The molecule has 0 fully saturated rings. The number of hydrogen-bond donors (Lipinski definition) is 1. The van der Waals surface area contributed by atoms with Gasteiger partial charge in [0.2, 0.25) is 0 Å². The zero-order valence-corrected chi connectivity index (χ0v) is 14.5. The highest BCUT2D eigenvalue weighted by atomic mass is 35.5. The van der Waals surface area contributed by atoms with Gasteiger partial charge < -0.3 is 5.32 Å². The molecule has 1 aromatic heterocycles. The number of hydrogen-bond acceptors (Lipinski definition) is 3. The summed E-state index contributed by atoms with van der Waals surface area (Å²) in [5, 5.41) is 7.69. The number of carbonyl (C=O) groups is 1. The van der Waals surface area contributed by atoms with Crippen LogP contribution < -0.4 is 10.9 Å². The fourth-order valence-corrected chi connectivity index (χ4v) is 2.53. The second-order valence-electron chi connectivity index (χ2n) is 5.28. The Labute approximate surface area is 153 Å². The third-order valence-corrected chi connectivity index (χ3v) is 4.19. The molecule has 0 bridgehead atoms. The van der Waals surface area contributed by atoms with Gasteiger partial charge in [-0.15, -0.1) is 0 Å². The van der Waals surface area contributed by atoms with Crippen LogP contribution in [0, 0.1) is 0 Å². The zero-order valence-electron chi connectivity index (χ0n) is 12.9. The number of aromatic nitrogens is 2. The van der Waals surface area contributed by atoms with Crippen LogP contribution in [0.4, 0.5) is 5.69 Å². The van der Waals surface area contributed by atoms with Gasteiger partial charge in [0.25, 0.3) is 11.5 Å². The highest BCUT2D eigenvalue weighted by Gasteiger charge is 2.11. The summed E-state index contributed by atoms with van der Waals surface area (Å²) in [5.41, 5.74) is 1.23. The molecule has 0 unspecified atom stereocenters. The highest BCUT2D eigenvalue weighted by molar-refractivity contribution is 6.42. The fourth-order valence-electron chi connectivity index (χ4n) is 2.21. The van der Waals surface area contributed by atoms with Crippen LogP contribution in [-0.2, 0) is 6.54 Å². The molecule has 25 heavy (non-hydrogen) atoms. The summed E-state index contributed by atoms with van der Waals surface area (Å²) in [7, 11) is 0. The van der Waals surface area contributed by atoms with Gasteiger partial charge in [0, 0.05) is 11.8 Å². The Kier molecular flexibility index (Phi) is 5.16. The number of para-hydroxylation sites is 1. The molecule has 3 rings (SSSR count). The van der Waals surface area contributed by atoms with Gasteiger partial charge in [0.15, 0.2) is 0 Å². The van der Waals surface area contributed by atoms with Crippen molar-refractivity contribution in [2.45, 2.75) is 6.54 Å². The van der Waals surface area contributed by atoms with Gasteiger partial charge in [-0.2, -0.15) is 5.10 Å². The maximum Gasteiger partial charge on any atom is 0.276 e. The average molecular weight is 374 g/mol. The van der Waals surface area contributed by atoms with Gasteiger partial charge in [-0.25, -0.2) is 4.68 Å². The molecule has 0 aliphatic heterocycles. The van der Waals surface area contributed by atoms with E-state index in [9.17, 15) is 9.59 Å². The molecular formula is C18H13Cl2N3O2. The fraction of sp³-hybridized carbons (Fsp3) is 0.0556. The predicted octanol–water partition coefficient (Wildman–Crippen LogP) is 3.85. The first-order valence-electron chi connectivity index (χ1n) is 7.41. The van der Waals surface area contributed by atoms with Crippen molar-refractivity contribution in [3.63, 3.8) is 0 Å². The number of nitrogens with zero attached hydrogens (tertiary/aromatic N) is 2. The molecule has 3 aromatic rings. The molecule has 126 valence electrons. The van der Waals surface area contributed by atoms with Crippen LogP contribution >= 0.6 is 23.2 Å². The minimum absolute atomic E-state index is 0.142. The Morgan fingerprint density at radius 2 is 1.76 bits per heavy atom. The number of nitrogens with one attached hydrogen (secondary N) is 1. The van der Waals surface area contributed by atoms with Crippen molar-refractivity contribution in [2.24, 2.45) is 0 Å². The molecule has 0 radical (unpaired) electrons. The van der Waals surface area contributed by atoms with E-state index >= 15 is 0 Å². The standard InChI is InChI=1S/C18H13Cl2N3O2/c19-14-7-6-12(10-15(14)20)11-23-17(24)9-8-16(22-23)18(25)21-13-4-2-1-3-5-13/h1-10H,11H2,(H,21,25). The van der Waals surface area contributed by atoms with E-state index in [2.05, 4.69) is 10.4 Å². The van der Waals surface area contributed by atoms with Crippen molar-refractivity contribution >= 4 is 34.8 Å². The Morgan fingerprint density at radius 1 is 1.00 bits per heavy atom. The summed E-state index contributed by atoms with van der Waals surface area (Å²) in [6.07, 6.45) is 0. The van der Waals surface area contributed by atoms with E-state index in [0.717, 1.165) is 5.56 Å². The second kappa shape index (κ2) is 7.51. The molecule has 0 atom stereocenters. The number of amides is 1. The van der Waals surface area contributed by atoms with Crippen molar-refractivity contribution in [1.29, 1.82) is 0 Å². The van der Waals surface area contributed by atoms with Crippen molar-refractivity contribution in [2.75, 3.05) is 5.32 Å². The maximum atomic E-state index is 12.3. The quantitative estimate of drug-likeness (QED) is 0.755. The minimum Gasteiger partial charge on any atom is -0.321 e. The molecule has 7 heteroatoms. The number of benzene rings is 2. The van der Waals surface area contributed by atoms with Crippen LogP contribution in [0.25, 0.3) is 0 Å². The Morgan fingerprint density at radius 3 is 2.48 bits per heavy atom. The molecule has 0 aliphatic rings. The highest BCUT2D eigenvalue weighted by Crippen LogP contribution is 2.22. The summed E-state index contributed by atoms with van der Waals surface area (Å²) in [5.74, 6) is -0.394. The Hall–Kier alpha value is -2.63. The van der Waals surface area contributed by atoms with E-state index < -0.39 is 5.91 Å². The van der Waals surface area contributed by atoms with Crippen molar-refractivity contribution in [1.82, 2.24) is 9.78 Å². The van der Waals surface area contributed by atoms with Crippen LogP contribution in [0.3, 0.4) is 0 Å². The first-order chi connectivity index (χ1) is 12.0. The van der Waals surface area contributed by atoms with Crippen LogP contribution in [-0.4, -0.2) is 15.7 Å². The van der Waals surface area contributed by atoms with Crippen molar-refractivity contribution in [3.8, 4) is 0 Å². The lowest BCUT2D eigenvalue weighted by Crippen LogP contribution is -2.26. The third-order valence-electron chi connectivity index (χ3n) is 3.45. The summed E-state index contributed by atoms with van der Waals surface area (Å²) < 4.78 is 1.21. The molecule has 0 saturated heterocycles. The zero-order chi connectivity index (χ0) is 17.8. The molecule has 1 N–H and O–H groups in total. The van der Waals surface area contributed by atoms with Gasteiger partial charge >= 0.3 is 0 Å². The first-order valence-corrected chi connectivity index (χ1v) is 8.17.